The summed E-state index contributed by atoms with van der Waals surface area (Å²) in [6.07, 6.45) is 1.13. The Morgan fingerprint density at radius 2 is 1.92 bits per heavy atom. The predicted octanol–water partition coefficient (Wildman–Crippen LogP) is 1.93. The van der Waals surface area contributed by atoms with Gasteiger partial charge < -0.3 is 15.6 Å². The maximum atomic E-state index is 12.0. The summed E-state index contributed by atoms with van der Waals surface area (Å²) in [6, 6.07) is 15.1. The minimum absolute atomic E-state index is 0.135. The molecule has 2 rings (SSSR count). The van der Waals surface area contributed by atoms with Crippen LogP contribution in [0.1, 0.15) is 33.5 Å². The Labute approximate surface area is 142 Å². The fourth-order valence-electron chi connectivity index (χ4n) is 2.86. The zero-order valence-electron chi connectivity index (χ0n) is 14.1. The summed E-state index contributed by atoms with van der Waals surface area (Å²) in [6.45, 7) is 0.135. The van der Waals surface area contributed by atoms with E-state index in [0.717, 1.165) is 5.56 Å². The van der Waals surface area contributed by atoms with Gasteiger partial charge in [-0.2, -0.15) is 0 Å². The van der Waals surface area contributed by atoms with Crippen LogP contribution in [-0.4, -0.2) is 25.2 Å². The van der Waals surface area contributed by atoms with Gasteiger partial charge in [-0.1, -0.05) is 42.5 Å². The first-order valence-corrected chi connectivity index (χ1v) is 7.91. The van der Waals surface area contributed by atoms with Crippen LogP contribution in [0.5, 0.6) is 0 Å². The van der Waals surface area contributed by atoms with E-state index in [1.54, 1.807) is 25.2 Å². The molecule has 5 heteroatoms. The maximum absolute atomic E-state index is 12.0. The fraction of sp³-hybridized carbons (Fsp3) is 0.316. The number of nitrogens with one attached hydrogen (secondary N) is 1. The van der Waals surface area contributed by atoms with E-state index in [0.29, 0.717) is 29.5 Å². The number of carbonyl (C=O) groups is 1. The van der Waals surface area contributed by atoms with Gasteiger partial charge in [-0.25, -0.2) is 4.79 Å². The second-order valence-electron chi connectivity index (χ2n) is 5.62. The molecule has 24 heavy (non-hydrogen) atoms. The lowest BCUT2D eigenvalue weighted by atomic mass is 9.89. The molecule has 0 amide bonds. The van der Waals surface area contributed by atoms with Crippen molar-refractivity contribution in [3.05, 3.63) is 70.8 Å². The fourth-order valence-corrected chi connectivity index (χ4v) is 2.86. The van der Waals surface area contributed by atoms with Crippen LogP contribution in [0.15, 0.2) is 48.5 Å². The largest absolute Gasteiger partial charge is 0.465 e. The van der Waals surface area contributed by atoms with Crippen LogP contribution >= 0.6 is 0 Å². The number of aryl methyl sites for hydroxylation is 1. The Hall–Kier alpha value is -2.21. The van der Waals surface area contributed by atoms with E-state index in [1.807, 2.05) is 30.3 Å². The van der Waals surface area contributed by atoms with E-state index >= 15 is 0 Å². The molecule has 1 atom stereocenters. The third-order valence-corrected chi connectivity index (χ3v) is 4.26. The molecule has 2 aromatic carbocycles. The molecular formula is C19H24N2O3. The number of hydrogen-bond donors (Lipinski definition) is 3. The molecule has 0 saturated heterocycles. The third-order valence-electron chi connectivity index (χ3n) is 4.26. The first kappa shape index (κ1) is 18.1. The minimum Gasteiger partial charge on any atom is -0.465 e. The van der Waals surface area contributed by atoms with Crippen LogP contribution in [-0.2, 0) is 23.4 Å². The average molecular weight is 328 g/mol. The highest BCUT2D eigenvalue weighted by molar-refractivity contribution is 5.91. The van der Waals surface area contributed by atoms with Crippen molar-refractivity contribution >= 4 is 5.97 Å². The highest BCUT2D eigenvalue weighted by atomic mass is 16.5. The van der Waals surface area contributed by atoms with E-state index in [1.165, 1.54) is 7.11 Å². The number of methoxy groups -OCH3 is 1. The summed E-state index contributed by atoms with van der Waals surface area (Å²) in [7, 11) is 3.02. The molecule has 128 valence electrons. The first-order chi connectivity index (χ1) is 11.6. The van der Waals surface area contributed by atoms with Gasteiger partial charge in [0.05, 0.1) is 12.7 Å². The summed E-state index contributed by atoms with van der Waals surface area (Å²) >= 11 is 0. The van der Waals surface area contributed by atoms with Crippen LogP contribution in [0.25, 0.3) is 0 Å². The van der Waals surface area contributed by atoms with Gasteiger partial charge in [0.25, 0.3) is 0 Å². The molecule has 0 spiro atoms. The van der Waals surface area contributed by atoms with Crippen molar-refractivity contribution in [2.45, 2.75) is 25.1 Å². The summed E-state index contributed by atoms with van der Waals surface area (Å²) in [5.74, 6) is -0.459. The van der Waals surface area contributed by atoms with Gasteiger partial charge in [-0.3, -0.25) is 5.32 Å². The van der Waals surface area contributed by atoms with Crippen LogP contribution in [0.3, 0.4) is 0 Å². The van der Waals surface area contributed by atoms with Crippen molar-refractivity contribution in [3.63, 3.8) is 0 Å². The lowest BCUT2D eigenvalue weighted by Crippen LogP contribution is -2.41. The monoisotopic (exact) mass is 328 g/mol. The summed E-state index contributed by atoms with van der Waals surface area (Å²) in [5, 5.41) is 14.1. The molecule has 0 aliphatic rings. The number of benzene rings is 2. The first-order valence-electron chi connectivity index (χ1n) is 7.91. The van der Waals surface area contributed by atoms with E-state index in [-0.39, 0.29) is 6.54 Å². The lowest BCUT2D eigenvalue weighted by molar-refractivity contribution is -0.00129. The zero-order chi connectivity index (χ0) is 17.6. The standard InChI is InChI=1S/C19H24N2O3/c1-21-19(23,12-11-14-7-4-3-5-8-14)17-10-6-9-15(16(17)13-20)18(22)24-2/h3-10,21,23H,11-13,20H2,1-2H3. The zero-order valence-corrected chi connectivity index (χ0v) is 14.1. The number of aliphatic hydroxyl groups is 1. The quantitative estimate of drug-likeness (QED) is 0.534. The molecule has 0 aliphatic heterocycles. The van der Waals surface area contributed by atoms with Gasteiger partial charge in [-0.15, -0.1) is 0 Å². The normalized spacial score (nSPS) is 13.3. The second kappa shape index (κ2) is 8.06. The Kier molecular flexibility index (Phi) is 6.09. The number of esters is 1. The molecule has 0 heterocycles. The number of carbonyl (C=O) groups excluding carboxylic acids is 1. The average Bonchev–Trinajstić information content (AvgIpc) is 2.65. The molecule has 0 bridgehead atoms. The molecule has 2 aromatic rings. The molecule has 0 radical (unpaired) electrons. The molecule has 5 nitrogen and oxygen atoms in total. The van der Waals surface area contributed by atoms with Crippen LogP contribution in [0.4, 0.5) is 0 Å². The van der Waals surface area contributed by atoms with Gasteiger partial charge in [0.1, 0.15) is 5.72 Å². The summed E-state index contributed by atoms with van der Waals surface area (Å²) < 4.78 is 4.81. The number of hydrogen-bond acceptors (Lipinski definition) is 5. The van der Waals surface area contributed by atoms with Gasteiger partial charge >= 0.3 is 5.97 Å². The van der Waals surface area contributed by atoms with E-state index in [4.69, 9.17) is 10.5 Å². The number of rotatable bonds is 7. The smallest absolute Gasteiger partial charge is 0.338 e. The molecule has 0 aliphatic carbocycles. The second-order valence-corrected chi connectivity index (χ2v) is 5.62. The topological polar surface area (TPSA) is 84.6 Å². The van der Waals surface area contributed by atoms with E-state index in [2.05, 4.69) is 5.32 Å². The molecule has 1 unspecified atom stereocenters. The predicted molar refractivity (Wildman–Crippen MR) is 93.4 cm³/mol. The lowest BCUT2D eigenvalue weighted by Gasteiger charge is -2.31. The summed E-state index contributed by atoms with van der Waals surface area (Å²) in [5.41, 5.74) is 7.28. The van der Waals surface area contributed by atoms with Gasteiger partial charge in [0.15, 0.2) is 0 Å². The highest BCUT2D eigenvalue weighted by Gasteiger charge is 2.31. The minimum atomic E-state index is -1.28. The molecule has 0 saturated carbocycles. The van der Waals surface area contributed by atoms with Crippen molar-refractivity contribution in [1.82, 2.24) is 5.32 Å². The maximum Gasteiger partial charge on any atom is 0.338 e. The van der Waals surface area contributed by atoms with Gasteiger partial charge in [0.2, 0.25) is 0 Å². The van der Waals surface area contributed by atoms with Crippen molar-refractivity contribution in [1.29, 1.82) is 0 Å². The van der Waals surface area contributed by atoms with Crippen molar-refractivity contribution in [3.8, 4) is 0 Å². The Morgan fingerprint density at radius 1 is 1.21 bits per heavy atom. The van der Waals surface area contributed by atoms with Crippen LogP contribution in [0.2, 0.25) is 0 Å². The van der Waals surface area contributed by atoms with E-state index < -0.39 is 11.7 Å². The number of nitrogens with two attached hydrogens (primary N) is 1. The van der Waals surface area contributed by atoms with Crippen molar-refractivity contribution in [2.75, 3.05) is 14.2 Å². The van der Waals surface area contributed by atoms with Crippen molar-refractivity contribution in [2.24, 2.45) is 5.73 Å². The molecule has 0 aromatic heterocycles. The van der Waals surface area contributed by atoms with Gasteiger partial charge in [-0.05, 0) is 37.1 Å². The SMILES string of the molecule is CNC(O)(CCc1ccccc1)c1cccc(C(=O)OC)c1CN. The van der Waals surface area contributed by atoms with Crippen LogP contribution < -0.4 is 11.1 Å². The molecule has 4 N–H and O–H groups in total. The van der Waals surface area contributed by atoms with Crippen LogP contribution in [0, 0.1) is 0 Å². The highest BCUT2D eigenvalue weighted by Crippen LogP contribution is 2.29. The molecular weight excluding hydrogens is 304 g/mol. The Bertz CT molecular complexity index is 688. The van der Waals surface area contributed by atoms with E-state index in [9.17, 15) is 9.90 Å². The molecule has 0 fully saturated rings. The summed E-state index contributed by atoms with van der Waals surface area (Å²) in [4.78, 5) is 12.0. The Balaban J connectivity index is 2.36. The van der Waals surface area contributed by atoms with Gasteiger partial charge in [0, 0.05) is 12.1 Å². The Morgan fingerprint density at radius 3 is 2.50 bits per heavy atom. The third kappa shape index (κ3) is 3.82. The number of ether oxygens (including phenoxy) is 1. The van der Waals surface area contributed by atoms with Crippen molar-refractivity contribution < 1.29 is 14.6 Å².